The lowest BCUT2D eigenvalue weighted by atomic mass is 10.1. The third-order valence-electron chi connectivity index (χ3n) is 2.68. The van der Waals surface area contributed by atoms with Gasteiger partial charge >= 0.3 is 6.18 Å². The summed E-state index contributed by atoms with van der Waals surface area (Å²) in [5.74, 6) is -1.18. The molecule has 0 aliphatic rings. The quantitative estimate of drug-likeness (QED) is 0.701. The molecule has 1 amide bonds. The van der Waals surface area contributed by atoms with Crippen LogP contribution in [0, 0.1) is 0 Å². The van der Waals surface area contributed by atoms with Crippen molar-refractivity contribution in [3.8, 4) is 0 Å². The summed E-state index contributed by atoms with van der Waals surface area (Å²) in [5, 5.41) is 2.65. The average molecular weight is 323 g/mol. The number of anilines is 2. The van der Waals surface area contributed by atoms with E-state index in [-0.39, 0.29) is 33.3 Å². The highest BCUT2D eigenvalue weighted by atomic mass is 32.1. The number of nitrogens with two attached hydrogens (primary N) is 2. The van der Waals surface area contributed by atoms with Gasteiger partial charge in [0.15, 0.2) is 5.78 Å². The number of hydrogen-bond acceptors (Lipinski definition) is 5. The van der Waals surface area contributed by atoms with Crippen molar-refractivity contribution < 1.29 is 22.8 Å². The number of carbonyl (C=O) groups excluding carboxylic acids is 2. The Morgan fingerprint density at radius 2 is 1.95 bits per heavy atom. The van der Waals surface area contributed by atoms with Crippen molar-refractivity contribution in [2.24, 2.45) is 5.73 Å². The van der Waals surface area contributed by atoms with Crippen molar-refractivity contribution in [3.63, 3.8) is 0 Å². The first-order valence-electron chi connectivity index (χ1n) is 6.15. The molecule has 1 rings (SSSR count). The first-order chi connectivity index (χ1) is 9.56. The molecule has 0 bridgehead atoms. The van der Waals surface area contributed by atoms with E-state index >= 15 is 0 Å². The third kappa shape index (κ3) is 4.35. The molecule has 0 spiro atoms. The lowest BCUT2D eigenvalue weighted by Crippen LogP contribution is -2.25. The Kier molecular flexibility index (Phi) is 5.21. The van der Waals surface area contributed by atoms with Gasteiger partial charge in [-0.3, -0.25) is 9.59 Å². The molecule has 0 saturated heterocycles. The summed E-state index contributed by atoms with van der Waals surface area (Å²) in [6.45, 7) is 2.93. The first kappa shape index (κ1) is 17.3. The minimum atomic E-state index is -4.34. The van der Waals surface area contributed by atoms with E-state index in [2.05, 4.69) is 5.32 Å². The molecule has 9 heteroatoms. The standard InChI is InChI=1S/C12H16F3N3O2S/c1-3-6(19)9-8(16)7(10(17)20)11(21-9)18-5(2)4-12(13,14)15/h5,18H,3-4,16H2,1-2H3,(H2,17,20). The van der Waals surface area contributed by atoms with Gasteiger partial charge in [0.2, 0.25) is 0 Å². The molecule has 1 atom stereocenters. The number of rotatable bonds is 6. The summed E-state index contributed by atoms with van der Waals surface area (Å²) in [5.41, 5.74) is 10.7. The van der Waals surface area contributed by atoms with Gasteiger partial charge in [0.05, 0.1) is 22.5 Å². The summed E-state index contributed by atoms with van der Waals surface area (Å²) in [4.78, 5) is 23.2. The number of hydrogen-bond donors (Lipinski definition) is 3. The highest BCUT2D eigenvalue weighted by Crippen LogP contribution is 2.37. The van der Waals surface area contributed by atoms with E-state index in [1.807, 2.05) is 0 Å². The molecule has 5 nitrogen and oxygen atoms in total. The fraction of sp³-hybridized carbons (Fsp3) is 0.500. The van der Waals surface area contributed by atoms with Crippen LogP contribution in [0.1, 0.15) is 46.7 Å². The highest BCUT2D eigenvalue weighted by molar-refractivity contribution is 7.19. The number of ketones is 1. The molecule has 118 valence electrons. The number of amides is 1. The van der Waals surface area contributed by atoms with E-state index in [1.165, 1.54) is 6.92 Å². The average Bonchev–Trinajstić information content (AvgIpc) is 2.62. The molecule has 0 aliphatic heterocycles. The lowest BCUT2D eigenvalue weighted by molar-refractivity contribution is -0.136. The van der Waals surface area contributed by atoms with Crippen LogP contribution >= 0.6 is 11.3 Å². The van der Waals surface area contributed by atoms with Crippen molar-refractivity contribution in [1.29, 1.82) is 0 Å². The number of nitrogens with one attached hydrogen (secondary N) is 1. The van der Waals surface area contributed by atoms with E-state index in [9.17, 15) is 22.8 Å². The second kappa shape index (κ2) is 6.33. The Morgan fingerprint density at radius 3 is 2.38 bits per heavy atom. The molecule has 1 heterocycles. The van der Waals surface area contributed by atoms with E-state index in [0.29, 0.717) is 0 Å². The van der Waals surface area contributed by atoms with Gasteiger partial charge in [-0.25, -0.2) is 0 Å². The van der Waals surface area contributed by atoms with Gasteiger partial charge in [0.25, 0.3) is 5.91 Å². The van der Waals surface area contributed by atoms with Crippen LogP contribution in [0.5, 0.6) is 0 Å². The van der Waals surface area contributed by atoms with E-state index in [0.717, 1.165) is 11.3 Å². The van der Waals surface area contributed by atoms with E-state index < -0.39 is 24.5 Å². The van der Waals surface area contributed by atoms with Crippen LogP contribution < -0.4 is 16.8 Å². The number of halogens is 3. The van der Waals surface area contributed by atoms with Crippen LogP contribution in [-0.4, -0.2) is 23.9 Å². The van der Waals surface area contributed by atoms with Gasteiger partial charge in [0, 0.05) is 12.5 Å². The van der Waals surface area contributed by atoms with Crippen LogP contribution in [0.4, 0.5) is 23.9 Å². The van der Waals surface area contributed by atoms with Crippen LogP contribution in [0.3, 0.4) is 0 Å². The van der Waals surface area contributed by atoms with Gasteiger partial charge in [0.1, 0.15) is 5.00 Å². The van der Waals surface area contributed by atoms with Crippen molar-refractivity contribution in [2.75, 3.05) is 11.1 Å². The normalized spacial score (nSPS) is 13.0. The Labute approximate surface area is 123 Å². The maximum atomic E-state index is 12.3. The molecule has 21 heavy (non-hydrogen) atoms. The summed E-state index contributed by atoms with van der Waals surface area (Å²) in [6, 6.07) is -0.981. The fourth-order valence-corrected chi connectivity index (χ4v) is 3.03. The van der Waals surface area contributed by atoms with Crippen LogP contribution in [-0.2, 0) is 0 Å². The number of carbonyl (C=O) groups is 2. The van der Waals surface area contributed by atoms with Crippen LogP contribution in [0.15, 0.2) is 0 Å². The van der Waals surface area contributed by atoms with Gasteiger partial charge in [-0.2, -0.15) is 13.2 Å². The Balaban J connectivity index is 3.11. The third-order valence-corrected chi connectivity index (χ3v) is 3.86. The number of primary amides is 1. The minimum Gasteiger partial charge on any atom is -0.397 e. The maximum Gasteiger partial charge on any atom is 0.391 e. The monoisotopic (exact) mass is 323 g/mol. The maximum absolute atomic E-state index is 12.3. The van der Waals surface area contributed by atoms with E-state index in [1.54, 1.807) is 6.92 Å². The number of thiophene rings is 1. The molecular formula is C12H16F3N3O2S. The van der Waals surface area contributed by atoms with Crippen molar-refractivity contribution >= 4 is 33.7 Å². The summed E-state index contributed by atoms with van der Waals surface area (Å²) in [7, 11) is 0. The Morgan fingerprint density at radius 1 is 1.38 bits per heavy atom. The zero-order valence-electron chi connectivity index (χ0n) is 11.5. The molecule has 0 fully saturated rings. The topological polar surface area (TPSA) is 98.2 Å². The summed E-state index contributed by atoms with van der Waals surface area (Å²) >= 11 is 0.848. The smallest absolute Gasteiger partial charge is 0.391 e. The largest absolute Gasteiger partial charge is 0.397 e. The lowest BCUT2D eigenvalue weighted by Gasteiger charge is -2.16. The van der Waals surface area contributed by atoms with Gasteiger partial charge in [-0.15, -0.1) is 11.3 Å². The molecular weight excluding hydrogens is 307 g/mol. The highest BCUT2D eigenvalue weighted by Gasteiger charge is 2.31. The molecule has 1 aromatic heterocycles. The molecule has 0 aliphatic carbocycles. The fourth-order valence-electron chi connectivity index (χ4n) is 1.78. The SMILES string of the molecule is CCC(=O)c1sc(NC(C)CC(F)(F)F)c(C(N)=O)c1N. The molecule has 1 aromatic rings. The molecule has 0 aromatic carbocycles. The van der Waals surface area contributed by atoms with Gasteiger partial charge < -0.3 is 16.8 Å². The number of alkyl halides is 3. The molecule has 5 N–H and O–H groups in total. The second-order valence-electron chi connectivity index (χ2n) is 4.55. The van der Waals surface area contributed by atoms with Gasteiger partial charge in [-0.05, 0) is 6.92 Å². The van der Waals surface area contributed by atoms with Crippen LogP contribution in [0.25, 0.3) is 0 Å². The zero-order valence-corrected chi connectivity index (χ0v) is 12.3. The second-order valence-corrected chi connectivity index (χ2v) is 5.58. The minimum absolute atomic E-state index is 0.0824. The molecule has 0 saturated carbocycles. The van der Waals surface area contributed by atoms with Crippen LogP contribution in [0.2, 0.25) is 0 Å². The molecule has 1 unspecified atom stereocenters. The van der Waals surface area contributed by atoms with Crippen molar-refractivity contribution in [1.82, 2.24) is 0 Å². The first-order valence-corrected chi connectivity index (χ1v) is 6.97. The van der Waals surface area contributed by atoms with Crippen molar-refractivity contribution in [2.45, 2.75) is 38.9 Å². The van der Waals surface area contributed by atoms with E-state index in [4.69, 9.17) is 11.5 Å². The summed E-state index contributed by atoms with van der Waals surface area (Å²) in [6.07, 6.45) is -5.26. The Hall–Kier alpha value is -1.77. The van der Waals surface area contributed by atoms with Crippen molar-refractivity contribution in [3.05, 3.63) is 10.4 Å². The zero-order chi connectivity index (χ0) is 16.4. The molecule has 0 radical (unpaired) electrons. The Bertz CT molecular complexity index is 555. The predicted octanol–water partition coefficient (Wildman–Crippen LogP) is 2.77. The predicted molar refractivity (Wildman–Crippen MR) is 75.6 cm³/mol. The summed E-state index contributed by atoms with van der Waals surface area (Å²) < 4.78 is 37.0. The number of Topliss-reactive ketones (excluding diaryl/α,β-unsaturated/α-hetero) is 1. The number of nitrogen functional groups attached to an aromatic ring is 1. The van der Waals surface area contributed by atoms with Gasteiger partial charge in [-0.1, -0.05) is 6.92 Å².